The third-order valence-electron chi connectivity index (χ3n) is 7.30. The Morgan fingerprint density at radius 1 is 0.955 bits per heavy atom. The minimum absolute atomic E-state index is 0.108. The summed E-state index contributed by atoms with van der Waals surface area (Å²) in [4.78, 5) is 25.1. The molecule has 4 N–H and O–H groups in total. The van der Waals surface area contributed by atoms with Gasteiger partial charge in [0.25, 0.3) is 0 Å². The average Bonchev–Trinajstić information content (AvgIpc) is 3.57. The fraction of sp³-hybridized carbons (Fsp3) is 0.0588. The number of aromatic nitrogens is 5. The van der Waals surface area contributed by atoms with E-state index < -0.39 is 5.82 Å². The second-order valence-electron chi connectivity index (χ2n) is 10.5. The van der Waals surface area contributed by atoms with Crippen LogP contribution in [0.3, 0.4) is 0 Å². The van der Waals surface area contributed by atoms with Crippen LogP contribution in [-0.2, 0) is 11.2 Å². The molecule has 0 aliphatic carbocycles. The molecule has 0 fully saturated rings. The lowest BCUT2D eigenvalue weighted by Gasteiger charge is -2.10. The van der Waals surface area contributed by atoms with Crippen LogP contribution in [0.15, 0.2) is 97.3 Å². The number of halogens is 2. The predicted molar refractivity (Wildman–Crippen MR) is 167 cm³/mol. The molecule has 1 aliphatic rings. The highest BCUT2D eigenvalue weighted by molar-refractivity contribution is 5.96. The molecular formula is C34H25F2N7O. The second kappa shape index (κ2) is 11.1. The number of carbonyl (C=O) groups excluding carboxylic acids is 1. The van der Waals surface area contributed by atoms with Gasteiger partial charge in [-0.1, -0.05) is 48.5 Å². The standard InChI is InChI=1S/C34H25F2N7O/c1-19-13-22(17-24(14-19)39-27(44)15-20-7-3-2-4-8-20)30-29(36)28-26(18-38-30)42-43-32(28)34-40-31-25(11-6-12-37-33(31)41-34)21-9-5-10-23(35)16-21/h2-14,16-18,37H,15H2,1H3,(H,39,44)(H,40,41)(H,42,43). The Labute approximate surface area is 250 Å². The third-order valence-corrected chi connectivity index (χ3v) is 7.30. The van der Waals surface area contributed by atoms with Crippen molar-refractivity contribution in [3.05, 3.63) is 131 Å². The molecule has 3 aromatic carbocycles. The van der Waals surface area contributed by atoms with Crippen molar-refractivity contribution in [3.8, 4) is 22.8 Å². The summed E-state index contributed by atoms with van der Waals surface area (Å²) in [5, 5.41) is 13.5. The van der Waals surface area contributed by atoms with Gasteiger partial charge >= 0.3 is 0 Å². The van der Waals surface area contributed by atoms with Crippen LogP contribution in [0.2, 0.25) is 0 Å². The van der Waals surface area contributed by atoms with E-state index in [1.54, 1.807) is 30.5 Å². The molecule has 0 saturated carbocycles. The number of allylic oxidation sites excluding steroid dienone is 2. The van der Waals surface area contributed by atoms with Gasteiger partial charge < -0.3 is 15.6 Å². The van der Waals surface area contributed by atoms with Crippen LogP contribution in [0.5, 0.6) is 0 Å². The maximum atomic E-state index is 16.4. The SMILES string of the molecule is Cc1cc(NC(=O)Cc2ccccc2)cc(-c2ncc3[nH]nc(-c4nc5c([nH]4)C(c4cccc(F)c4)=CC=CN5)c3c2F)c1. The molecular weight excluding hydrogens is 560 g/mol. The van der Waals surface area contributed by atoms with Crippen LogP contribution in [0.25, 0.3) is 39.3 Å². The van der Waals surface area contributed by atoms with Crippen molar-refractivity contribution >= 4 is 33.9 Å². The van der Waals surface area contributed by atoms with Crippen molar-refractivity contribution in [3.63, 3.8) is 0 Å². The molecule has 0 bridgehead atoms. The highest BCUT2D eigenvalue weighted by Crippen LogP contribution is 2.36. The number of imidazole rings is 1. The summed E-state index contributed by atoms with van der Waals surface area (Å²) in [6, 6.07) is 21.1. The summed E-state index contributed by atoms with van der Waals surface area (Å²) in [6.45, 7) is 1.87. The van der Waals surface area contributed by atoms with Crippen molar-refractivity contribution in [2.75, 3.05) is 10.6 Å². The molecule has 6 aromatic rings. The molecule has 0 unspecified atom stereocenters. The molecule has 4 heterocycles. The Bertz CT molecular complexity index is 2110. The summed E-state index contributed by atoms with van der Waals surface area (Å²) in [5.41, 5.74) is 5.51. The Morgan fingerprint density at radius 3 is 2.66 bits per heavy atom. The molecule has 1 aliphatic heterocycles. The van der Waals surface area contributed by atoms with E-state index >= 15 is 4.39 Å². The van der Waals surface area contributed by atoms with Crippen LogP contribution in [0.1, 0.15) is 22.4 Å². The van der Waals surface area contributed by atoms with E-state index in [0.29, 0.717) is 45.2 Å². The maximum Gasteiger partial charge on any atom is 0.228 e. The monoisotopic (exact) mass is 585 g/mol. The molecule has 0 radical (unpaired) electrons. The van der Waals surface area contributed by atoms with Gasteiger partial charge in [-0.2, -0.15) is 5.10 Å². The summed E-state index contributed by atoms with van der Waals surface area (Å²) < 4.78 is 30.4. The number of aromatic amines is 2. The highest BCUT2D eigenvalue weighted by atomic mass is 19.1. The van der Waals surface area contributed by atoms with E-state index in [0.717, 1.165) is 11.1 Å². The lowest BCUT2D eigenvalue weighted by molar-refractivity contribution is -0.115. The molecule has 0 spiro atoms. The number of nitrogens with zero attached hydrogens (tertiary/aromatic N) is 3. The van der Waals surface area contributed by atoms with E-state index in [1.165, 1.54) is 18.3 Å². The van der Waals surface area contributed by atoms with E-state index in [2.05, 4.69) is 35.8 Å². The number of hydrogen-bond donors (Lipinski definition) is 4. The van der Waals surface area contributed by atoms with Crippen LogP contribution in [0, 0.1) is 18.6 Å². The zero-order valence-corrected chi connectivity index (χ0v) is 23.5. The zero-order chi connectivity index (χ0) is 30.2. The van der Waals surface area contributed by atoms with Gasteiger partial charge in [-0.05, 0) is 60.0 Å². The van der Waals surface area contributed by atoms with Crippen molar-refractivity contribution in [2.45, 2.75) is 13.3 Å². The number of rotatable bonds is 6. The first-order chi connectivity index (χ1) is 21.4. The van der Waals surface area contributed by atoms with Gasteiger partial charge in [0, 0.05) is 23.0 Å². The van der Waals surface area contributed by atoms with Crippen LogP contribution >= 0.6 is 0 Å². The van der Waals surface area contributed by atoms with E-state index in [-0.39, 0.29) is 34.9 Å². The van der Waals surface area contributed by atoms with Crippen LogP contribution in [0.4, 0.5) is 20.3 Å². The molecule has 0 saturated heterocycles. The lowest BCUT2D eigenvalue weighted by Crippen LogP contribution is -2.14. The summed E-state index contributed by atoms with van der Waals surface area (Å²) in [7, 11) is 0. The van der Waals surface area contributed by atoms with Gasteiger partial charge in [0.1, 0.15) is 17.2 Å². The smallest absolute Gasteiger partial charge is 0.228 e. The largest absolute Gasteiger partial charge is 0.345 e. The number of pyridine rings is 1. The highest BCUT2D eigenvalue weighted by Gasteiger charge is 2.24. The van der Waals surface area contributed by atoms with Gasteiger partial charge in [0.2, 0.25) is 5.91 Å². The summed E-state index contributed by atoms with van der Waals surface area (Å²) in [6.07, 6.45) is 7.10. The van der Waals surface area contributed by atoms with Gasteiger partial charge in [-0.25, -0.2) is 13.8 Å². The molecule has 216 valence electrons. The molecule has 1 amide bonds. The van der Waals surface area contributed by atoms with Gasteiger partial charge in [-0.3, -0.25) is 14.9 Å². The second-order valence-corrected chi connectivity index (χ2v) is 10.5. The number of nitrogens with one attached hydrogen (secondary N) is 4. The topological polar surface area (TPSA) is 111 Å². The molecule has 7 rings (SSSR count). The predicted octanol–water partition coefficient (Wildman–Crippen LogP) is 7.15. The number of amides is 1. The first-order valence-electron chi connectivity index (χ1n) is 13.9. The van der Waals surface area contributed by atoms with Crippen LogP contribution < -0.4 is 10.6 Å². The van der Waals surface area contributed by atoms with Gasteiger partial charge in [0.05, 0.1) is 29.2 Å². The van der Waals surface area contributed by atoms with Crippen molar-refractivity contribution in [2.24, 2.45) is 0 Å². The van der Waals surface area contributed by atoms with Crippen molar-refractivity contribution in [1.29, 1.82) is 0 Å². The van der Waals surface area contributed by atoms with E-state index in [9.17, 15) is 9.18 Å². The first kappa shape index (κ1) is 27.0. The number of hydrogen-bond acceptors (Lipinski definition) is 5. The Balaban J connectivity index is 1.25. The molecule has 10 heteroatoms. The normalized spacial score (nSPS) is 12.4. The summed E-state index contributed by atoms with van der Waals surface area (Å²) in [5.74, 6) is -0.313. The average molecular weight is 586 g/mol. The minimum atomic E-state index is -0.584. The number of H-pyrrole nitrogens is 2. The number of fused-ring (bicyclic) bond motifs is 2. The van der Waals surface area contributed by atoms with Gasteiger partial charge in [0.15, 0.2) is 17.5 Å². The quantitative estimate of drug-likeness (QED) is 0.166. The zero-order valence-electron chi connectivity index (χ0n) is 23.5. The maximum absolute atomic E-state index is 16.4. The third kappa shape index (κ3) is 5.13. The van der Waals surface area contributed by atoms with Crippen LogP contribution in [-0.4, -0.2) is 31.1 Å². The van der Waals surface area contributed by atoms with Crippen molar-refractivity contribution < 1.29 is 13.6 Å². The first-order valence-corrected chi connectivity index (χ1v) is 13.9. The summed E-state index contributed by atoms with van der Waals surface area (Å²) >= 11 is 0. The molecule has 0 atom stereocenters. The Morgan fingerprint density at radius 2 is 1.82 bits per heavy atom. The molecule has 8 nitrogen and oxygen atoms in total. The Hall–Kier alpha value is -5.90. The van der Waals surface area contributed by atoms with Gasteiger partial charge in [-0.15, -0.1) is 0 Å². The number of benzene rings is 3. The minimum Gasteiger partial charge on any atom is -0.345 e. The fourth-order valence-electron chi connectivity index (χ4n) is 5.36. The van der Waals surface area contributed by atoms with E-state index in [4.69, 9.17) is 0 Å². The number of aryl methyl sites for hydroxylation is 1. The number of anilines is 2. The fourth-order valence-corrected chi connectivity index (χ4v) is 5.36. The van der Waals surface area contributed by atoms with E-state index in [1.807, 2.05) is 55.5 Å². The Kier molecular flexibility index (Phi) is 6.78. The molecule has 3 aromatic heterocycles. The van der Waals surface area contributed by atoms with Crippen molar-refractivity contribution in [1.82, 2.24) is 25.1 Å². The molecule has 44 heavy (non-hydrogen) atoms. The lowest BCUT2D eigenvalue weighted by atomic mass is 10.0. The number of carbonyl (C=O) groups is 1.